The van der Waals surface area contributed by atoms with E-state index in [1.807, 2.05) is 12.1 Å². The van der Waals surface area contributed by atoms with Crippen LogP contribution >= 0.6 is 15.9 Å². The number of methoxy groups -OCH3 is 1. The van der Waals surface area contributed by atoms with E-state index in [1.54, 1.807) is 7.11 Å². The Balaban J connectivity index is 2.27. The second-order valence-electron chi connectivity index (χ2n) is 4.33. The molecule has 1 fully saturated rings. The zero-order valence-corrected chi connectivity index (χ0v) is 11.0. The summed E-state index contributed by atoms with van der Waals surface area (Å²) in [5.74, 6) is 0.0928. The summed E-state index contributed by atoms with van der Waals surface area (Å²) in [6.45, 7) is 0. The van der Waals surface area contributed by atoms with Crippen LogP contribution in [0.3, 0.4) is 0 Å². The number of ether oxygens (including phenoxy) is 1. The van der Waals surface area contributed by atoms with Crippen LogP contribution in [0.15, 0.2) is 22.7 Å². The Morgan fingerprint density at radius 1 is 1.31 bits per heavy atom. The first kappa shape index (κ1) is 12.1. The molecule has 0 saturated heterocycles. The van der Waals surface area contributed by atoms with Gasteiger partial charge in [-0.15, -0.1) is 0 Å². The maximum atomic E-state index is 13.9. The topological polar surface area (TPSA) is 9.23 Å². The lowest BCUT2D eigenvalue weighted by Crippen LogP contribution is -2.25. The van der Waals surface area contributed by atoms with Crippen molar-refractivity contribution in [2.24, 2.45) is 0 Å². The highest BCUT2D eigenvalue weighted by molar-refractivity contribution is 9.10. The van der Waals surface area contributed by atoms with E-state index >= 15 is 0 Å². The van der Waals surface area contributed by atoms with Gasteiger partial charge in [-0.25, -0.2) is 4.39 Å². The Kier molecular flexibility index (Phi) is 3.98. The Hall–Kier alpha value is -0.410. The molecule has 0 amide bonds. The normalized spacial score (nSPS) is 25.7. The summed E-state index contributed by atoms with van der Waals surface area (Å²) in [7, 11) is 1.72. The predicted octanol–water partition coefficient (Wildman–Crippen LogP) is 4.26. The van der Waals surface area contributed by atoms with Gasteiger partial charge in [0.05, 0.1) is 6.10 Å². The van der Waals surface area contributed by atoms with Gasteiger partial charge < -0.3 is 4.74 Å². The van der Waals surface area contributed by atoms with Crippen molar-refractivity contribution >= 4 is 15.9 Å². The zero-order valence-electron chi connectivity index (χ0n) is 9.38. The van der Waals surface area contributed by atoms with E-state index in [0.29, 0.717) is 0 Å². The lowest BCUT2D eigenvalue weighted by atomic mass is 9.81. The summed E-state index contributed by atoms with van der Waals surface area (Å²) in [5.41, 5.74) is 0.801. The number of hydrogen-bond donors (Lipinski definition) is 0. The molecule has 3 heteroatoms. The third-order valence-electron chi connectivity index (χ3n) is 3.37. The Bertz CT molecular complexity index is 367. The molecule has 1 saturated carbocycles. The fraction of sp³-hybridized carbons (Fsp3) is 0.538. The number of halogens is 2. The molecular formula is C13H16BrFO. The van der Waals surface area contributed by atoms with Gasteiger partial charge in [-0.1, -0.05) is 34.8 Å². The van der Waals surface area contributed by atoms with E-state index in [1.165, 1.54) is 18.9 Å². The number of hydrogen-bond acceptors (Lipinski definition) is 1. The summed E-state index contributed by atoms with van der Waals surface area (Å²) >= 11 is 3.28. The molecule has 1 aromatic rings. The SMILES string of the molecule is COC1CCCCC1c1ccc(Br)cc1F. The molecule has 88 valence electrons. The van der Waals surface area contributed by atoms with Crippen molar-refractivity contribution in [2.45, 2.75) is 37.7 Å². The summed E-state index contributed by atoms with van der Waals surface area (Å²) < 4.78 is 20.1. The molecule has 1 nitrogen and oxygen atoms in total. The van der Waals surface area contributed by atoms with Crippen LogP contribution in [-0.4, -0.2) is 13.2 Å². The molecule has 16 heavy (non-hydrogen) atoms. The van der Waals surface area contributed by atoms with Crippen molar-refractivity contribution in [1.29, 1.82) is 0 Å². The summed E-state index contributed by atoms with van der Waals surface area (Å²) in [4.78, 5) is 0. The van der Waals surface area contributed by atoms with Crippen molar-refractivity contribution < 1.29 is 9.13 Å². The average Bonchev–Trinajstić information content (AvgIpc) is 2.29. The fourth-order valence-electron chi connectivity index (χ4n) is 2.54. The van der Waals surface area contributed by atoms with Gasteiger partial charge in [0, 0.05) is 17.5 Å². The van der Waals surface area contributed by atoms with Crippen LogP contribution in [0, 0.1) is 5.82 Å². The molecule has 0 aliphatic heterocycles. The minimum absolute atomic E-state index is 0.122. The van der Waals surface area contributed by atoms with Crippen molar-refractivity contribution in [2.75, 3.05) is 7.11 Å². The van der Waals surface area contributed by atoms with Crippen molar-refractivity contribution in [3.05, 3.63) is 34.1 Å². The minimum atomic E-state index is -0.122. The lowest BCUT2D eigenvalue weighted by molar-refractivity contribution is 0.0513. The second kappa shape index (κ2) is 5.28. The Morgan fingerprint density at radius 2 is 2.06 bits per heavy atom. The van der Waals surface area contributed by atoms with Gasteiger partial charge in [0.15, 0.2) is 0 Å². The molecule has 0 N–H and O–H groups in total. The van der Waals surface area contributed by atoms with Crippen LogP contribution < -0.4 is 0 Å². The van der Waals surface area contributed by atoms with Crippen LogP contribution in [0.25, 0.3) is 0 Å². The van der Waals surface area contributed by atoms with Crippen LogP contribution in [-0.2, 0) is 4.74 Å². The van der Waals surface area contributed by atoms with Crippen LogP contribution in [0.1, 0.15) is 37.2 Å². The van der Waals surface area contributed by atoms with Crippen LogP contribution in [0.5, 0.6) is 0 Å². The van der Waals surface area contributed by atoms with Gasteiger partial charge in [0.1, 0.15) is 5.82 Å². The molecule has 0 radical (unpaired) electrons. The third kappa shape index (κ3) is 2.46. The molecule has 1 aromatic carbocycles. The molecule has 0 bridgehead atoms. The molecular weight excluding hydrogens is 271 g/mol. The first-order valence-corrected chi connectivity index (χ1v) is 6.49. The largest absolute Gasteiger partial charge is 0.381 e. The molecule has 0 spiro atoms. The van der Waals surface area contributed by atoms with Gasteiger partial charge in [-0.3, -0.25) is 0 Å². The second-order valence-corrected chi connectivity index (χ2v) is 5.25. The summed E-state index contributed by atoms with van der Waals surface area (Å²) in [5, 5.41) is 0. The maximum Gasteiger partial charge on any atom is 0.127 e. The molecule has 2 rings (SSSR count). The van der Waals surface area contributed by atoms with Crippen molar-refractivity contribution in [3.8, 4) is 0 Å². The molecule has 2 unspecified atom stereocenters. The molecule has 0 heterocycles. The first-order valence-electron chi connectivity index (χ1n) is 5.70. The smallest absolute Gasteiger partial charge is 0.127 e. The van der Waals surface area contributed by atoms with Gasteiger partial charge in [0.2, 0.25) is 0 Å². The fourth-order valence-corrected chi connectivity index (χ4v) is 2.87. The Morgan fingerprint density at radius 3 is 2.75 bits per heavy atom. The molecule has 0 aromatic heterocycles. The van der Waals surface area contributed by atoms with Crippen molar-refractivity contribution in [3.63, 3.8) is 0 Å². The zero-order chi connectivity index (χ0) is 11.5. The van der Waals surface area contributed by atoms with Gasteiger partial charge in [-0.05, 0) is 30.5 Å². The van der Waals surface area contributed by atoms with Crippen LogP contribution in [0.4, 0.5) is 4.39 Å². The average molecular weight is 287 g/mol. The molecule has 2 atom stereocenters. The number of benzene rings is 1. The predicted molar refractivity (Wildman–Crippen MR) is 66.1 cm³/mol. The lowest BCUT2D eigenvalue weighted by Gasteiger charge is -2.31. The van der Waals surface area contributed by atoms with E-state index in [9.17, 15) is 4.39 Å². The monoisotopic (exact) mass is 286 g/mol. The van der Waals surface area contributed by atoms with Gasteiger partial charge in [0.25, 0.3) is 0 Å². The third-order valence-corrected chi connectivity index (χ3v) is 3.86. The first-order chi connectivity index (χ1) is 7.72. The Labute approximate surface area is 104 Å². The highest BCUT2D eigenvalue weighted by Gasteiger charge is 2.28. The highest BCUT2D eigenvalue weighted by atomic mass is 79.9. The highest BCUT2D eigenvalue weighted by Crippen LogP contribution is 2.36. The van der Waals surface area contributed by atoms with Gasteiger partial charge >= 0.3 is 0 Å². The maximum absolute atomic E-state index is 13.9. The van der Waals surface area contributed by atoms with E-state index in [-0.39, 0.29) is 17.8 Å². The number of rotatable bonds is 2. The molecule has 1 aliphatic rings. The molecule has 1 aliphatic carbocycles. The quantitative estimate of drug-likeness (QED) is 0.789. The van der Waals surface area contributed by atoms with E-state index in [2.05, 4.69) is 15.9 Å². The standard InChI is InChI=1S/C13H16BrFO/c1-16-13-5-3-2-4-11(13)10-7-6-9(14)8-12(10)15/h6-8,11,13H,2-5H2,1H3. The van der Waals surface area contributed by atoms with E-state index in [4.69, 9.17) is 4.74 Å². The minimum Gasteiger partial charge on any atom is -0.381 e. The van der Waals surface area contributed by atoms with Crippen molar-refractivity contribution in [1.82, 2.24) is 0 Å². The van der Waals surface area contributed by atoms with Crippen LogP contribution in [0.2, 0.25) is 0 Å². The van der Waals surface area contributed by atoms with E-state index < -0.39 is 0 Å². The summed E-state index contributed by atoms with van der Waals surface area (Å²) in [6, 6.07) is 5.32. The van der Waals surface area contributed by atoms with E-state index in [0.717, 1.165) is 22.9 Å². The van der Waals surface area contributed by atoms with Gasteiger partial charge in [-0.2, -0.15) is 0 Å². The summed E-state index contributed by atoms with van der Waals surface area (Å²) in [6.07, 6.45) is 4.59.